The normalized spacial score (nSPS) is 18.2. The lowest BCUT2D eigenvalue weighted by Gasteiger charge is -2.17. The van der Waals surface area contributed by atoms with E-state index in [1.54, 1.807) is 11.3 Å². The Hall–Kier alpha value is -0.490. The molecule has 0 spiro atoms. The third kappa shape index (κ3) is 4.65. The molecule has 18 heavy (non-hydrogen) atoms. The summed E-state index contributed by atoms with van der Waals surface area (Å²) in [6, 6.07) is 0.514. The average Bonchev–Trinajstić information content (AvgIpc) is 2.62. The van der Waals surface area contributed by atoms with Crippen LogP contribution in [-0.4, -0.2) is 42.2 Å². The van der Waals surface area contributed by atoms with E-state index >= 15 is 0 Å². The van der Waals surface area contributed by atoms with Crippen molar-refractivity contribution >= 4 is 11.3 Å². The Morgan fingerprint density at radius 2 is 2.33 bits per heavy atom. The van der Waals surface area contributed by atoms with Gasteiger partial charge in [-0.1, -0.05) is 13.8 Å². The lowest BCUT2D eigenvalue weighted by Crippen LogP contribution is -2.26. The number of ether oxygens (including phenoxy) is 1. The van der Waals surface area contributed by atoms with Crippen molar-refractivity contribution in [2.45, 2.75) is 39.4 Å². The van der Waals surface area contributed by atoms with Gasteiger partial charge in [0.15, 0.2) is 0 Å². The molecule has 102 valence electrons. The molecule has 0 radical (unpaired) electrons. The summed E-state index contributed by atoms with van der Waals surface area (Å²) in [4.78, 5) is 7.11. The molecule has 1 aromatic rings. The Kier molecular flexibility index (Phi) is 5.56. The Bertz CT molecular complexity index is 346. The summed E-state index contributed by atoms with van der Waals surface area (Å²) < 4.78 is 5.46. The highest BCUT2D eigenvalue weighted by Crippen LogP contribution is 2.13. The van der Waals surface area contributed by atoms with Crippen molar-refractivity contribution in [3.8, 4) is 0 Å². The van der Waals surface area contributed by atoms with Crippen LogP contribution < -0.4 is 5.32 Å². The van der Waals surface area contributed by atoms with E-state index in [2.05, 4.69) is 34.4 Å². The predicted molar refractivity (Wildman–Crippen MR) is 74.8 cm³/mol. The highest BCUT2D eigenvalue weighted by molar-refractivity contribution is 7.09. The molecule has 1 fully saturated rings. The molecule has 0 unspecified atom stereocenters. The number of hydrogen-bond donors (Lipinski definition) is 1. The summed E-state index contributed by atoms with van der Waals surface area (Å²) >= 11 is 1.75. The van der Waals surface area contributed by atoms with Gasteiger partial charge in [-0.05, 0) is 6.42 Å². The van der Waals surface area contributed by atoms with Crippen LogP contribution in [0.25, 0.3) is 0 Å². The summed E-state index contributed by atoms with van der Waals surface area (Å²) in [5.74, 6) is 0. The van der Waals surface area contributed by atoms with E-state index in [9.17, 15) is 0 Å². The van der Waals surface area contributed by atoms with Crippen LogP contribution in [0, 0.1) is 0 Å². The van der Waals surface area contributed by atoms with Crippen LogP contribution in [0.2, 0.25) is 0 Å². The van der Waals surface area contributed by atoms with E-state index in [-0.39, 0.29) is 0 Å². The first-order valence-electron chi connectivity index (χ1n) is 6.71. The van der Waals surface area contributed by atoms with Gasteiger partial charge in [-0.3, -0.25) is 4.90 Å². The molecule has 1 aromatic heterocycles. The molecular weight excluding hydrogens is 246 g/mol. The van der Waals surface area contributed by atoms with Crippen LogP contribution in [0.15, 0.2) is 5.38 Å². The smallest absolute Gasteiger partial charge is 0.107 e. The number of thiazole rings is 1. The molecular formula is C13H23N3OS. The van der Waals surface area contributed by atoms with Crippen LogP contribution in [0.3, 0.4) is 0 Å². The lowest BCUT2D eigenvalue weighted by molar-refractivity contribution is 0.140. The van der Waals surface area contributed by atoms with Crippen molar-refractivity contribution in [2.24, 2.45) is 0 Å². The summed E-state index contributed by atoms with van der Waals surface area (Å²) in [6.45, 7) is 10.1. The summed E-state index contributed by atoms with van der Waals surface area (Å²) in [5.41, 5.74) is 1.20. The van der Waals surface area contributed by atoms with Gasteiger partial charge in [0.05, 0.1) is 12.3 Å². The van der Waals surface area contributed by atoms with Gasteiger partial charge in [-0.25, -0.2) is 4.98 Å². The van der Waals surface area contributed by atoms with Gasteiger partial charge in [-0.2, -0.15) is 0 Å². The van der Waals surface area contributed by atoms with E-state index < -0.39 is 0 Å². The van der Waals surface area contributed by atoms with Crippen LogP contribution in [-0.2, 0) is 17.8 Å². The number of aromatic nitrogens is 1. The van der Waals surface area contributed by atoms with Crippen LogP contribution in [0.1, 0.15) is 31.0 Å². The highest BCUT2D eigenvalue weighted by atomic mass is 32.1. The van der Waals surface area contributed by atoms with Gasteiger partial charge in [0.25, 0.3) is 0 Å². The Morgan fingerprint density at radius 3 is 3.17 bits per heavy atom. The average molecular weight is 269 g/mol. The Morgan fingerprint density at radius 1 is 1.44 bits per heavy atom. The maximum atomic E-state index is 5.46. The van der Waals surface area contributed by atoms with Gasteiger partial charge in [0.1, 0.15) is 5.01 Å². The molecule has 1 aliphatic rings. The highest BCUT2D eigenvalue weighted by Gasteiger charge is 2.11. The van der Waals surface area contributed by atoms with Crippen molar-refractivity contribution in [1.29, 1.82) is 0 Å². The fraction of sp³-hybridized carbons (Fsp3) is 0.769. The lowest BCUT2D eigenvalue weighted by atomic mass is 10.3. The molecule has 5 heteroatoms. The summed E-state index contributed by atoms with van der Waals surface area (Å²) in [5, 5.41) is 6.77. The third-order valence-electron chi connectivity index (χ3n) is 2.96. The first kappa shape index (κ1) is 13.9. The van der Waals surface area contributed by atoms with E-state index in [1.165, 1.54) is 10.7 Å². The van der Waals surface area contributed by atoms with Gasteiger partial charge in [0.2, 0.25) is 0 Å². The van der Waals surface area contributed by atoms with Gasteiger partial charge >= 0.3 is 0 Å². The molecule has 1 N–H and O–H groups in total. The van der Waals surface area contributed by atoms with E-state index in [4.69, 9.17) is 4.74 Å². The first-order chi connectivity index (χ1) is 8.74. The molecule has 2 heterocycles. The standard InChI is InChI=1S/C13H23N3OS/c1-11(2)14-8-13-15-12(10-18-13)9-16-4-3-6-17-7-5-16/h10-11,14H,3-9H2,1-2H3. The minimum Gasteiger partial charge on any atom is -0.380 e. The first-order valence-corrected chi connectivity index (χ1v) is 7.59. The third-order valence-corrected chi connectivity index (χ3v) is 3.86. The number of nitrogens with zero attached hydrogens (tertiary/aromatic N) is 2. The molecule has 0 amide bonds. The maximum Gasteiger partial charge on any atom is 0.107 e. The van der Waals surface area contributed by atoms with Crippen LogP contribution >= 0.6 is 11.3 Å². The zero-order chi connectivity index (χ0) is 12.8. The van der Waals surface area contributed by atoms with E-state index in [0.29, 0.717) is 6.04 Å². The van der Waals surface area contributed by atoms with Crippen molar-refractivity contribution in [1.82, 2.24) is 15.2 Å². The van der Waals surface area contributed by atoms with E-state index in [1.807, 2.05) is 0 Å². The molecule has 2 rings (SSSR count). The Balaban J connectivity index is 1.81. The van der Waals surface area contributed by atoms with Crippen molar-refractivity contribution in [3.05, 3.63) is 16.1 Å². The quantitative estimate of drug-likeness (QED) is 0.885. The van der Waals surface area contributed by atoms with E-state index in [0.717, 1.165) is 45.8 Å². The molecule has 0 bridgehead atoms. The molecule has 1 aliphatic heterocycles. The molecule has 4 nitrogen and oxygen atoms in total. The summed E-state index contributed by atoms with van der Waals surface area (Å²) in [7, 11) is 0. The minimum atomic E-state index is 0.514. The molecule has 0 saturated carbocycles. The molecule has 0 atom stereocenters. The second-order valence-electron chi connectivity index (χ2n) is 5.01. The SMILES string of the molecule is CC(C)NCc1nc(CN2CCCOCC2)cs1. The number of nitrogens with one attached hydrogen (secondary N) is 1. The fourth-order valence-corrected chi connectivity index (χ4v) is 2.72. The van der Waals surface area contributed by atoms with Crippen LogP contribution in [0.5, 0.6) is 0 Å². The predicted octanol–water partition coefficient (Wildman–Crippen LogP) is 1.86. The molecule has 0 aromatic carbocycles. The van der Waals surface area contributed by atoms with Crippen molar-refractivity contribution < 1.29 is 4.74 Å². The number of rotatable bonds is 5. The topological polar surface area (TPSA) is 37.4 Å². The second kappa shape index (κ2) is 7.19. The maximum absolute atomic E-state index is 5.46. The fourth-order valence-electron chi connectivity index (χ4n) is 1.98. The van der Waals surface area contributed by atoms with Gasteiger partial charge < -0.3 is 10.1 Å². The van der Waals surface area contributed by atoms with Crippen molar-refractivity contribution in [2.75, 3.05) is 26.3 Å². The van der Waals surface area contributed by atoms with Gasteiger partial charge in [-0.15, -0.1) is 11.3 Å². The zero-order valence-electron chi connectivity index (χ0n) is 11.3. The monoisotopic (exact) mass is 269 g/mol. The molecule has 0 aliphatic carbocycles. The zero-order valence-corrected chi connectivity index (χ0v) is 12.1. The Labute approximate surface area is 113 Å². The van der Waals surface area contributed by atoms with Gasteiger partial charge in [0, 0.05) is 44.2 Å². The minimum absolute atomic E-state index is 0.514. The molecule has 1 saturated heterocycles. The van der Waals surface area contributed by atoms with Crippen LogP contribution in [0.4, 0.5) is 0 Å². The summed E-state index contributed by atoms with van der Waals surface area (Å²) in [6.07, 6.45) is 1.13. The number of hydrogen-bond acceptors (Lipinski definition) is 5. The van der Waals surface area contributed by atoms with Crippen molar-refractivity contribution in [3.63, 3.8) is 0 Å². The largest absolute Gasteiger partial charge is 0.380 e. The second-order valence-corrected chi connectivity index (χ2v) is 5.95.